The van der Waals surface area contributed by atoms with Crippen LogP contribution in [0.5, 0.6) is 0 Å². The van der Waals surface area contributed by atoms with Gasteiger partial charge in [0.15, 0.2) is 0 Å². The lowest BCUT2D eigenvalue weighted by molar-refractivity contribution is 1.49. The first-order valence-corrected chi connectivity index (χ1v) is 13.9. The number of hydrogen-bond donors (Lipinski definition) is 1. The van der Waals surface area contributed by atoms with Crippen LogP contribution in [0.3, 0.4) is 0 Å². The molecule has 0 spiro atoms. The van der Waals surface area contributed by atoms with Crippen molar-refractivity contribution in [2.45, 2.75) is 0 Å². The summed E-state index contributed by atoms with van der Waals surface area (Å²) < 4.78 is 18.0. The third-order valence-electron chi connectivity index (χ3n) is 7.03. The minimum atomic E-state index is 0.798. The number of nitrogens with one attached hydrogen (secondary N) is 1. The standard InChI is InChI=1S/C31H18N6S2/c1-2-6-18(7-3-1)31-32-27-16-19(21-8-4-10-25-29(21)36-38-34-25)12-14-23(27)24-15-13-20(17-28(24)33-31)22-9-5-11-26-30(22)37-39-35-26/h1-17H,(H,32,33). The highest BCUT2D eigenvalue weighted by molar-refractivity contribution is 7.00. The van der Waals surface area contributed by atoms with Crippen LogP contribution in [-0.2, 0) is 0 Å². The summed E-state index contributed by atoms with van der Waals surface area (Å²) in [6.45, 7) is 0. The van der Waals surface area contributed by atoms with Crippen LogP contribution in [0, 0.1) is 0 Å². The Morgan fingerprint density at radius 3 is 1.82 bits per heavy atom. The van der Waals surface area contributed by atoms with E-state index in [-0.39, 0.29) is 0 Å². The van der Waals surface area contributed by atoms with E-state index in [1.54, 1.807) is 0 Å². The monoisotopic (exact) mass is 538 g/mol. The first-order chi connectivity index (χ1) is 19.3. The van der Waals surface area contributed by atoms with Crippen molar-refractivity contribution < 1.29 is 0 Å². The summed E-state index contributed by atoms with van der Waals surface area (Å²) in [5.41, 5.74) is 13.0. The molecular formula is C31H18N6S2. The van der Waals surface area contributed by atoms with Gasteiger partial charge in [-0.1, -0.05) is 78.9 Å². The van der Waals surface area contributed by atoms with Crippen molar-refractivity contribution in [1.29, 1.82) is 0 Å². The Morgan fingerprint density at radius 2 is 1.13 bits per heavy atom. The largest absolute Gasteiger partial charge is 0.339 e. The van der Waals surface area contributed by atoms with Gasteiger partial charge in [0.2, 0.25) is 0 Å². The number of anilines is 1. The van der Waals surface area contributed by atoms with Crippen LogP contribution < -0.4 is 5.32 Å². The van der Waals surface area contributed by atoms with Crippen molar-refractivity contribution in [2.75, 3.05) is 5.32 Å². The summed E-state index contributed by atoms with van der Waals surface area (Å²) in [6, 6.07) is 35.5. The van der Waals surface area contributed by atoms with Crippen molar-refractivity contribution >= 4 is 62.7 Å². The second-order valence-corrected chi connectivity index (χ2v) is 10.4. The van der Waals surface area contributed by atoms with E-state index in [0.29, 0.717) is 0 Å². The lowest BCUT2D eigenvalue weighted by atomic mass is 9.94. The van der Waals surface area contributed by atoms with E-state index in [0.717, 1.165) is 78.2 Å². The quantitative estimate of drug-likeness (QED) is 0.245. The van der Waals surface area contributed by atoms with E-state index in [9.17, 15) is 0 Å². The topological polar surface area (TPSA) is 76.0 Å². The van der Waals surface area contributed by atoms with Gasteiger partial charge in [-0.05, 0) is 35.4 Å². The molecule has 0 aliphatic carbocycles. The molecule has 0 radical (unpaired) electrons. The summed E-state index contributed by atoms with van der Waals surface area (Å²) in [7, 11) is 0. The van der Waals surface area contributed by atoms with Crippen LogP contribution in [0.4, 0.5) is 11.4 Å². The zero-order chi connectivity index (χ0) is 25.8. The average Bonchev–Trinajstić information content (AvgIpc) is 3.64. The molecule has 1 N–H and O–H groups in total. The van der Waals surface area contributed by atoms with Gasteiger partial charge in [0, 0.05) is 33.5 Å². The molecule has 39 heavy (non-hydrogen) atoms. The van der Waals surface area contributed by atoms with Crippen molar-refractivity contribution in [2.24, 2.45) is 4.99 Å². The lowest BCUT2D eigenvalue weighted by Crippen LogP contribution is -2.12. The Labute approximate surface area is 232 Å². The Bertz CT molecular complexity index is 2060. The predicted octanol–water partition coefficient (Wildman–Crippen LogP) is 8.20. The highest BCUT2D eigenvalue weighted by atomic mass is 32.1. The number of nitrogens with zero attached hydrogens (tertiary/aromatic N) is 5. The SMILES string of the molecule is c1ccc(C2=Nc3cc(-c4cccc5nsnc45)ccc3-c3ccc(-c4cccc5nsnc45)cc3N2)cc1. The van der Waals surface area contributed by atoms with Crippen molar-refractivity contribution in [3.63, 3.8) is 0 Å². The third-order valence-corrected chi connectivity index (χ3v) is 8.12. The van der Waals surface area contributed by atoms with E-state index in [4.69, 9.17) is 4.99 Å². The van der Waals surface area contributed by atoms with E-state index in [1.807, 2.05) is 42.5 Å². The maximum atomic E-state index is 5.17. The van der Waals surface area contributed by atoms with Crippen molar-refractivity contribution in [3.8, 4) is 33.4 Å². The zero-order valence-electron chi connectivity index (χ0n) is 20.4. The summed E-state index contributed by atoms with van der Waals surface area (Å²) in [5.74, 6) is 0.798. The Hall–Kier alpha value is -4.79. The average molecular weight is 539 g/mol. The molecule has 0 bridgehead atoms. The molecule has 5 aromatic carbocycles. The Kier molecular flexibility index (Phi) is 5.07. The molecule has 0 amide bonds. The molecule has 8 rings (SSSR count). The number of hydrogen-bond acceptors (Lipinski definition) is 8. The van der Waals surface area contributed by atoms with E-state index < -0.39 is 0 Å². The minimum absolute atomic E-state index is 0.798. The maximum absolute atomic E-state index is 5.17. The number of amidine groups is 1. The van der Waals surface area contributed by atoms with E-state index >= 15 is 0 Å². The number of fused-ring (bicyclic) bond motifs is 5. The van der Waals surface area contributed by atoms with Crippen LogP contribution in [0.2, 0.25) is 0 Å². The molecule has 184 valence electrons. The molecule has 6 nitrogen and oxygen atoms in total. The van der Waals surface area contributed by atoms with Crippen LogP contribution in [0.15, 0.2) is 108 Å². The molecule has 7 aromatic rings. The second kappa shape index (κ2) is 8.90. The van der Waals surface area contributed by atoms with Crippen molar-refractivity contribution in [3.05, 3.63) is 109 Å². The van der Waals surface area contributed by atoms with Crippen molar-refractivity contribution in [1.82, 2.24) is 17.5 Å². The van der Waals surface area contributed by atoms with Gasteiger partial charge in [-0.15, -0.1) is 0 Å². The highest BCUT2D eigenvalue weighted by Crippen LogP contribution is 2.43. The van der Waals surface area contributed by atoms with Gasteiger partial charge in [-0.25, -0.2) is 4.99 Å². The van der Waals surface area contributed by atoms with Crippen LogP contribution in [-0.4, -0.2) is 23.3 Å². The van der Waals surface area contributed by atoms with Crippen LogP contribution >= 0.6 is 23.5 Å². The van der Waals surface area contributed by atoms with Gasteiger partial charge in [-0.2, -0.15) is 17.5 Å². The molecule has 2 aromatic heterocycles. The lowest BCUT2D eigenvalue weighted by Gasteiger charge is -2.14. The summed E-state index contributed by atoms with van der Waals surface area (Å²) >= 11 is 2.48. The third kappa shape index (κ3) is 3.72. The van der Waals surface area contributed by atoms with Crippen LogP contribution in [0.25, 0.3) is 55.4 Å². The first kappa shape index (κ1) is 22.2. The molecule has 0 saturated heterocycles. The molecule has 1 aliphatic rings. The summed E-state index contributed by atoms with van der Waals surface area (Å²) in [6.07, 6.45) is 0. The second-order valence-electron chi connectivity index (χ2n) is 9.32. The number of rotatable bonds is 3. The summed E-state index contributed by atoms with van der Waals surface area (Å²) in [4.78, 5) is 5.17. The fraction of sp³-hybridized carbons (Fsp3) is 0. The maximum Gasteiger partial charge on any atom is 0.138 e. The molecule has 1 aliphatic heterocycles. The Balaban J connectivity index is 1.33. The van der Waals surface area contributed by atoms with Gasteiger partial charge in [0.25, 0.3) is 0 Å². The minimum Gasteiger partial charge on any atom is -0.339 e. The zero-order valence-corrected chi connectivity index (χ0v) is 22.0. The van der Waals surface area contributed by atoms with Gasteiger partial charge >= 0.3 is 0 Å². The molecular weight excluding hydrogens is 521 g/mol. The fourth-order valence-electron chi connectivity index (χ4n) is 5.16. The fourth-order valence-corrected chi connectivity index (χ4v) is 6.26. The number of aliphatic imine (C=N–C) groups is 1. The highest BCUT2D eigenvalue weighted by Gasteiger charge is 2.20. The molecule has 0 saturated carbocycles. The molecule has 3 heterocycles. The Morgan fingerprint density at radius 1 is 0.487 bits per heavy atom. The van der Waals surface area contributed by atoms with E-state index in [2.05, 4.69) is 83.5 Å². The number of aromatic nitrogens is 4. The summed E-state index contributed by atoms with van der Waals surface area (Å²) in [5, 5.41) is 3.66. The van der Waals surface area contributed by atoms with Gasteiger partial charge < -0.3 is 5.32 Å². The van der Waals surface area contributed by atoms with E-state index in [1.165, 1.54) is 23.5 Å². The molecule has 0 atom stereocenters. The van der Waals surface area contributed by atoms with Gasteiger partial charge in [-0.3, -0.25) is 0 Å². The van der Waals surface area contributed by atoms with Gasteiger partial charge in [0.1, 0.15) is 27.9 Å². The molecule has 8 heteroatoms. The normalized spacial score (nSPS) is 12.5. The number of benzene rings is 5. The van der Waals surface area contributed by atoms with Crippen LogP contribution in [0.1, 0.15) is 5.56 Å². The molecule has 0 unspecified atom stereocenters. The smallest absolute Gasteiger partial charge is 0.138 e. The van der Waals surface area contributed by atoms with Gasteiger partial charge in [0.05, 0.1) is 29.1 Å². The first-order valence-electron chi connectivity index (χ1n) is 12.4. The molecule has 0 fully saturated rings. The predicted molar refractivity (Wildman–Crippen MR) is 161 cm³/mol.